The van der Waals surface area contributed by atoms with Crippen molar-refractivity contribution in [2.24, 2.45) is 5.92 Å². The Morgan fingerprint density at radius 3 is 2.06 bits per heavy atom. The van der Waals surface area contributed by atoms with Gasteiger partial charge in [-0.3, -0.25) is 9.59 Å². The van der Waals surface area contributed by atoms with Gasteiger partial charge in [0, 0.05) is 37.6 Å². The predicted molar refractivity (Wildman–Crippen MR) is 125 cm³/mol. The van der Waals surface area contributed by atoms with Crippen LogP contribution in [-0.2, 0) is 9.59 Å². The van der Waals surface area contributed by atoms with E-state index in [9.17, 15) is 14.4 Å². The second-order valence-electron chi connectivity index (χ2n) is 8.11. The SMILES string of the molecule is CC(C)C(NC(=O)Nc1ccccc1)C(=O)NCC(=O)N1CCN(c2ccccc2)CC1. The summed E-state index contributed by atoms with van der Waals surface area (Å²) >= 11 is 0. The number of hydrogen-bond acceptors (Lipinski definition) is 4. The summed E-state index contributed by atoms with van der Waals surface area (Å²) in [5.74, 6) is -0.636. The Morgan fingerprint density at radius 1 is 0.875 bits per heavy atom. The molecule has 1 heterocycles. The van der Waals surface area contributed by atoms with Crippen molar-refractivity contribution in [1.82, 2.24) is 15.5 Å². The highest BCUT2D eigenvalue weighted by Crippen LogP contribution is 2.15. The Hall–Kier alpha value is -3.55. The van der Waals surface area contributed by atoms with Gasteiger partial charge in [-0.05, 0) is 30.2 Å². The molecule has 0 aliphatic carbocycles. The molecule has 2 aromatic carbocycles. The van der Waals surface area contributed by atoms with Crippen LogP contribution in [0.2, 0.25) is 0 Å². The summed E-state index contributed by atoms with van der Waals surface area (Å²) in [5.41, 5.74) is 1.78. The first-order valence-electron chi connectivity index (χ1n) is 10.9. The quantitative estimate of drug-likeness (QED) is 0.620. The van der Waals surface area contributed by atoms with E-state index in [1.807, 2.05) is 50.2 Å². The van der Waals surface area contributed by atoms with Crippen molar-refractivity contribution >= 4 is 29.2 Å². The minimum atomic E-state index is -0.749. The second kappa shape index (κ2) is 11.2. The largest absolute Gasteiger partial charge is 0.368 e. The Kier molecular flexibility index (Phi) is 8.08. The maximum Gasteiger partial charge on any atom is 0.319 e. The van der Waals surface area contributed by atoms with E-state index in [-0.39, 0.29) is 24.3 Å². The molecule has 0 bridgehead atoms. The van der Waals surface area contributed by atoms with Gasteiger partial charge in [-0.2, -0.15) is 0 Å². The molecule has 1 fully saturated rings. The van der Waals surface area contributed by atoms with Crippen LogP contribution in [0.4, 0.5) is 16.2 Å². The summed E-state index contributed by atoms with van der Waals surface area (Å²) in [7, 11) is 0. The number of nitrogens with zero attached hydrogens (tertiary/aromatic N) is 2. The number of piperazine rings is 1. The first-order chi connectivity index (χ1) is 15.4. The van der Waals surface area contributed by atoms with Gasteiger partial charge in [0.15, 0.2) is 0 Å². The van der Waals surface area contributed by atoms with Gasteiger partial charge in [0.1, 0.15) is 6.04 Å². The lowest BCUT2D eigenvalue weighted by molar-refractivity contribution is -0.133. The van der Waals surface area contributed by atoms with E-state index >= 15 is 0 Å². The Morgan fingerprint density at radius 2 is 1.47 bits per heavy atom. The normalized spacial score (nSPS) is 14.6. The topological polar surface area (TPSA) is 93.8 Å². The molecule has 1 aliphatic heterocycles. The minimum absolute atomic E-state index is 0.0879. The van der Waals surface area contributed by atoms with Crippen LogP contribution in [0.5, 0.6) is 0 Å². The third kappa shape index (κ3) is 6.47. The molecule has 32 heavy (non-hydrogen) atoms. The maximum atomic E-state index is 12.7. The molecule has 1 unspecified atom stereocenters. The van der Waals surface area contributed by atoms with Gasteiger partial charge in [0.05, 0.1) is 6.54 Å². The molecular formula is C24H31N5O3. The summed E-state index contributed by atoms with van der Waals surface area (Å²) in [6, 6.07) is 17.9. The number of anilines is 2. The number of carbonyl (C=O) groups is 3. The van der Waals surface area contributed by atoms with Crippen molar-refractivity contribution in [3.63, 3.8) is 0 Å². The van der Waals surface area contributed by atoms with Crippen LogP contribution < -0.4 is 20.9 Å². The van der Waals surface area contributed by atoms with Crippen LogP contribution in [0, 0.1) is 5.92 Å². The van der Waals surface area contributed by atoms with Crippen molar-refractivity contribution in [3.8, 4) is 0 Å². The van der Waals surface area contributed by atoms with Gasteiger partial charge in [0.25, 0.3) is 0 Å². The Balaban J connectivity index is 1.45. The smallest absolute Gasteiger partial charge is 0.319 e. The van der Waals surface area contributed by atoms with E-state index in [1.54, 1.807) is 17.0 Å². The standard InChI is InChI=1S/C24H31N5O3/c1-18(2)22(27-24(32)26-19-9-5-3-6-10-19)23(31)25-17-21(30)29-15-13-28(14-16-29)20-11-7-4-8-12-20/h3-12,18,22H,13-17H2,1-2H3,(H,25,31)(H2,26,27,32). The van der Waals surface area contributed by atoms with Crippen molar-refractivity contribution in [3.05, 3.63) is 60.7 Å². The van der Waals surface area contributed by atoms with E-state index in [1.165, 1.54) is 0 Å². The molecule has 0 saturated carbocycles. The number of benzene rings is 2. The average molecular weight is 438 g/mol. The number of urea groups is 1. The monoisotopic (exact) mass is 437 g/mol. The molecule has 170 valence electrons. The highest BCUT2D eigenvalue weighted by Gasteiger charge is 2.26. The summed E-state index contributed by atoms with van der Waals surface area (Å²) in [4.78, 5) is 41.5. The van der Waals surface area contributed by atoms with Crippen molar-refractivity contribution in [2.45, 2.75) is 19.9 Å². The molecule has 3 N–H and O–H groups in total. The zero-order valence-electron chi connectivity index (χ0n) is 18.6. The molecule has 2 aromatic rings. The Labute approximate surface area is 189 Å². The second-order valence-corrected chi connectivity index (χ2v) is 8.11. The van der Waals surface area contributed by atoms with E-state index in [0.717, 1.165) is 18.8 Å². The highest BCUT2D eigenvalue weighted by atomic mass is 16.2. The fraction of sp³-hybridized carbons (Fsp3) is 0.375. The zero-order chi connectivity index (χ0) is 22.9. The van der Waals surface area contributed by atoms with Crippen molar-refractivity contribution in [1.29, 1.82) is 0 Å². The molecule has 3 rings (SSSR count). The Bertz CT molecular complexity index is 896. The number of carbonyl (C=O) groups excluding carboxylic acids is 3. The molecule has 4 amide bonds. The lowest BCUT2D eigenvalue weighted by Crippen LogP contribution is -2.54. The number of rotatable bonds is 7. The number of para-hydroxylation sites is 2. The molecular weight excluding hydrogens is 406 g/mol. The molecule has 0 aromatic heterocycles. The van der Waals surface area contributed by atoms with Crippen LogP contribution >= 0.6 is 0 Å². The first kappa shape index (κ1) is 23.1. The molecule has 0 spiro atoms. The molecule has 8 heteroatoms. The number of amides is 4. The third-order valence-electron chi connectivity index (χ3n) is 5.43. The lowest BCUT2D eigenvalue weighted by Gasteiger charge is -2.36. The summed E-state index contributed by atoms with van der Waals surface area (Å²) in [6.07, 6.45) is 0. The molecule has 1 atom stereocenters. The van der Waals surface area contributed by atoms with Crippen LogP contribution in [0.1, 0.15) is 13.8 Å². The van der Waals surface area contributed by atoms with Gasteiger partial charge in [-0.1, -0.05) is 50.2 Å². The van der Waals surface area contributed by atoms with Crippen LogP contribution in [0.3, 0.4) is 0 Å². The average Bonchev–Trinajstić information content (AvgIpc) is 2.82. The van der Waals surface area contributed by atoms with E-state index in [0.29, 0.717) is 18.8 Å². The summed E-state index contributed by atoms with van der Waals surface area (Å²) < 4.78 is 0. The fourth-order valence-corrected chi connectivity index (χ4v) is 3.60. The van der Waals surface area contributed by atoms with Crippen LogP contribution in [0.25, 0.3) is 0 Å². The molecule has 8 nitrogen and oxygen atoms in total. The molecule has 0 radical (unpaired) electrons. The highest BCUT2D eigenvalue weighted by molar-refractivity contribution is 5.94. The number of hydrogen-bond donors (Lipinski definition) is 3. The van der Waals surface area contributed by atoms with Crippen LogP contribution in [0.15, 0.2) is 60.7 Å². The van der Waals surface area contributed by atoms with E-state index < -0.39 is 12.1 Å². The van der Waals surface area contributed by atoms with E-state index in [2.05, 4.69) is 33.0 Å². The van der Waals surface area contributed by atoms with Gasteiger partial charge >= 0.3 is 6.03 Å². The summed E-state index contributed by atoms with van der Waals surface area (Å²) in [5, 5.41) is 8.09. The maximum absolute atomic E-state index is 12.7. The number of nitrogens with one attached hydrogen (secondary N) is 3. The minimum Gasteiger partial charge on any atom is -0.368 e. The van der Waals surface area contributed by atoms with E-state index in [4.69, 9.17) is 0 Å². The van der Waals surface area contributed by atoms with Crippen molar-refractivity contribution in [2.75, 3.05) is 42.9 Å². The lowest BCUT2D eigenvalue weighted by atomic mass is 10.0. The van der Waals surface area contributed by atoms with Gasteiger partial charge < -0.3 is 25.8 Å². The predicted octanol–water partition coefficient (Wildman–Crippen LogP) is 2.30. The van der Waals surface area contributed by atoms with Gasteiger partial charge in [0.2, 0.25) is 11.8 Å². The first-order valence-corrected chi connectivity index (χ1v) is 10.9. The fourth-order valence-electron chi connectivity index (χ4n) is 3.60. The zero-order valence-corrected chi connectivity index (χ0v) is 18.6. The third-order valence-corrected chi connectivity index (χ3v) is 5.43. The molecule has 1 aliphatic rings. The van der Waals surface area contributed by atoms with Gasteiger partial charge in [-0.25, -0.2) is 4.79 Å². The molecule has 1 saturated heterocycles. The van der Waals surface area contributed by atoms with Crippen molar-refractivity contribution < 1.29 is 14.4 Å². The van der Waals surface area contributed by atoms with Crippen LogP contribution in [-0.4, -0.2) is 61.5 Å². The summed E-state index contributed by atoms with van der Waals surface area (Å²) in [6.45, 7) is 6.31. The van der Waals surface area contributed by atoms with Gasteiger partial charge in [-0.15, -0.1) is 0 Å².